The number of anilines is 1. The van der Waals surface area contributed by atoms with Gasteiger partial charge in [-0.2, -0.15) is 0 Å². The van der Waals surface area contributed by atoms with E-state index in [4.69, 9.17) is 33.7 Å². The van der Waals surface area contributed by atoms with Crippen LogP contribution in [0.2, 0.25) is 10.0 Å². The average Bonchev–Trinajstić information content (AvgIpc) is 2.92. The van der Waals surface area contributed by atoms with Gasteiger partial charge in [-0.1, -0.05) is 77.8 Å². The molecule has 36 heavy (non-hydrogen) atoms. The van der Waals surface area contributed by atoms with Crippen LogP contribution < -0.4 is 10.6 Å². The van der Waals surface area contributed by atoms with Crippen molar-refractivity contribution in [3.05, 3.63) is 88.4 Å². The molecule has 0 saturated carbocycles. The molecule has 1 fully saturated rings. The average molecular weight is 527 g/mol. The third-order valence-corrected chi connectivity index (χ3v) is 7.35. The summed E-state index contributed by atoms with van der Waals surface area (Å²) in [4.78, 5) is 19.5. The number of ether oxygens (including phenoxy) is 1. The lowest BCUT2D eigenvalue weighted by Crippen LogP contribution is -2.47. The molecule has 1 saturated heterocycles. The van der Waals surface area contributed by atoms with Gasteiger partial charge in [0.05, 0.1) is 42.5 Å². The largest absolute Gasteiger partial charge is 0.379 e. The molecular formula is C28H32Cl2N4O2. The van der Waals surface area contributed by atoms with Crippen LogP contribution in [0.15, 0.2) is 72.8 Å². The molecule has 0 aromatic heterocycles. The number of likely N-dealkylation sites (N-methyl/N-ethyl adjacent to an activating group) is 1. The van der Waals surface area contributed by atoms with E-state index in [0.29, 0.717) is 23.3 Å². The first kappa shape index (κ1) is 26.5. The number of rotatable bonds is 9. The minimum absolute atomic E-state index is 0.0306. The molecule has 190 valence electrons. The Balaban J connectivity index is 1.54. The van der Waals surface area contributed by atoms with Crippen LogP contribution in [0.25, 0.3) is 11.1 Å². The van der Waals surface area contributed by atoms with E-state index in [2.05, 4.69) is 41.3 Å². The number of halogens is 2. The molecule has 1 unspecified atom stereocenters. The molecule has 1 aliphatic heterocycles. The van der Waals surface area contributed by atoms with Crippen LogP contribution in [0.3, 0.4) is 0 Å². The lowest BCUT2D eigenvalue weighted by Gasteiger charge is -2.36. The van der Waals surface area contributed by atoms with E-state index in [-0.39, 0.29) is 25.2 Å². The van der Waals surface area contributed by atoms with Crippen molar-refractivity contribution in [2.75, 3.05) is 58.0 Å². The third kappa shape index (κ3) is 6.58. The second-order valence-electron chi connectivity index (χ2n) is 8.90. The molecule has 6 nitrogen and oxygen atoms in total. The molecule has 1 aliphatic rings. The van der Waals surface area contributed by atoms with Crippen molar-refractivity contribution in [3.8, 4) is 11.1 Å². The highest BCUT2D eigenvalue weighted by atomic mass is 35.5. The Bertz CT molecular complexity index is 1140. The standard InChI is InChI=1S/C28H32Cl2N4O2/c1-32(28(35)19-34(20-31)24-11-12-25(29)26(30)17-24)27(18-33-13-15-36-16-14-33)23-9-7-22(8-10-23)21-5-3-2-4-6-21/h2-12,17,27H,13-16,18-20,31H2,1H3. The number of carbonyl (C=O) groups excluding carboxylic acids is 1. The number of hydrogen-bond donors (Lipinski definition) is 1. The molecule has 8 heteroatoms. The lowest BCUT2D eigenvalue weighted by molar-refractivity contribution is -0.131. The fourth-order valence-electron chi connectivity index (χ4n) is 4.40. The van der Waals surface area contributed by atoms with Crippen LogP contribution in [0.5, 0.6) is 0 Å². The van der Waals surface area contributed by atoms with Crippen molar-refractivity contribution in [1.82, 2.24) is 9.80 Å². The zero-order valence-corrected chi connectivity index (χ0v) is 22.0. The topological polar surface area (TPSA) is 62.0 Å². The molecule has 1 atom stereocenters. The Hall–Kier alpha value is -2.61. The van der Waals surface area contributed by atoms with Crippen LogP contribution in [0.4, 0.5) is 5.69 Å². The van der Waals surface area contributed by atoms with Crippen LogP contribution >= 0.6 is 23.2 Å². The van der Waals surface area contributed by atoms with Crippen molar-refractivity contribution in [2.45, 2.75) is 6.04 Å². The van der Waals surface area contributed by atoms with E-state index in [9.17, 15) is 4.79 Å². The summed E-state index contributed by atoms with van der Waals surface area (Å²) >= 11 is 12.3. The Kier molecular flexibility index (Phi) is 9.24. The number of morpholine rings is 1. The maximum absolute atomic E-state index is 13.5. The van der Waals surface area contributed by atoms with Crippen LogP contribution in [-0.4, -0.2) is 68.8 Å². The molecule has 0 spiro atoms. The molecule has 3 aromatic rings. The van der Waals surface area contributed by atoms with Gasteiger partial charge in [0.2, 0.25) is 5.91 Å². The zero-order valence-electron chi connectivity index (χ0n) is 20.4. The minimum atomic E-state index is -0.117. The van der Waals surface area contributed by atoms with Gasteiger partial charge < -0.3 is 20.3 Å². The van der Waals surface area contributed by atoms with Gasteiger partial charge in [-0.05, 0) is 34.9 Å². The molecule has 3 aromatic carbocycles. The predicted octanol–water partition coefficient (Wildman–Crippen LogP) is 4.91. The number of amides is 1. The number of nitrogens with two attached hydrogens (primary N) is 1. The van der Waals surface area contributed by atoms with E-state index in [0.717, 1.165) is 36.4 Å². The monoisotopic (exact) mass is 526 g/mol. The first-order chi connectivity index (χ1) is 17.5. The summed E-state index contributed by atoms with van der Waals surface area (Å²) in [6.07, 6.45) is 0. The Morgan fingerprint density at radius 1 is 0.972 bits per heavy atom. The SMILES string of the molecule is CN(C(=O)CN(CN)c1ccc(Cl)c(Cl)c1)C(CN1CCOCC1)c1ccc(-c2ccccc2)cc1. The number of benzene rings is 3. The fourth-order valence-corrected chi connectivity index (χ4v) is 4.69. The predicted molar refractivity (Wildman–Crippen MR) is 148 cm³/mol. The quantitative estimate of drug-likeness (QED) is 0.401. The third-order valence-electron chi connectivity index (χ3n) is 6.61. The van der Waals surface area contributed by atoms with E-state index < -0.39 is 0 Å². The van der Waals surface area contributed by atoms with Crippen molar-refractivity contribution in [1.29, 1.82) is 0 Å². The molecule has 2 N–H and O–H groups in total. The second-order valence-corrected chi connectivity index (χ2v) is 9.71. The highest BCUT2D eigenvalue weighted by Crippen LogP contribution is 2.28. The van der Waals surface area contributed by atoms with Gasteiger partial charge in [-0.3, -0.25) is 9.69 Å². The smallest absolute Gasteiger partial charge is 0.242 e. The summed E-state index contributed by atoms with van der Waals surface area (Å²) in [5, 5.41) is 0.891. The molecule has 4 rings (SSSR count). The molecule has 0 radical (unpaired) electrons. The number of nitrogens with zero attached hydrogens (tertiary/aromatic N) is 3. The second kappa shape index (κ2) is 12.6. The Morgan fingerprint density at radius 3 is 2.28 bits per heavy atom. The number of carbonyl (C=O) groups is 1. The van der Waals surface area contributed by atoms with Gasteiger partial charge in [0.25, 0.3) is 0 Å². The molecule has 1 amide bonds. The molecule has 0 bridgehead atoms. The van der Waals surface area contributed by atoms with Crippen molar-refractivity contribution in [2.24, 2.45) is 5.73 Å². The maximum Gasteiger partial charge on any atom is 0.242 e. The first-order valence-electron chi connectivity index (χ1n) is 12.1. The summed E-state index contributed by atoms with van der Waals surface area (Å²) in [7, 11) is 1.86. The summed E-state index contributed by atoms with van der Waals surface area (Å²) in [5.41, 5.74) is 10.2. The molecule has 0 aliphatic carbocycles. The first-order valence-corrected chi connectivity index (χ1v) is 12.8. The number of hydrogen-bond acceptors (Lipinski definition) is 5. The summed E-state index contributed by atoms with van der Waals surface area (Å²) < 4.78 is 5.53. The van der Waals surface area contributed by atoms with Crippen molar-refractivity contribution >= 4 is 34.8 Å². The maximum atomic E-state index is 13.5. The summed E-state index contributed by atoms with van der Waals surface area (Å²) in [5.74, 6) is -0.0306. The van der Waals surface area contributed by atoms with Gasteiger partial charge >= 0.3 is 0 Å². The van der Waals surface area contributed by atoms with Gasteiger partial charge in [0, 0.05) is 32.4 Å². The zero-order chi connectivity index (χ0) is 25.5. The Labute approximate surface area is 223 Å². The van der Waals surface area contributed by atoms with Crippen molar-refractivity contribution in [3.63, 3.8) is 0 Å². The Morgan fingerprint density at radius 2 is 1.64 bits per heavy atom. The molecule has 1 heterocycles. The summed E-state index contributed by atoms with van der Waals surface area (Å²) in [6, 6.07) is 23.9. The highest BCUT2D eigenvalue weighted by molar-refractivity contribution is 6.42. The normalized spacial score (nSPS) is 14.9. The van der Waals surface area contributed by atoms with Crippen LogP contribution in [0, 0.1) is 0 Å². The van der Waals surface area contributed by atoms with Gasteiger partial charge in [-0.15, -0.1) is 0 Å². The van der Waals surface area contributed by atoms with E-state index >= 15 is 0 Å². The van der Waals surface area contributed by atoms with Crippen LogP contribution in [-0.2, 0) is 9.53 Å². The van der Waals surface area contributed by atoms with E-state index in [1.165, 1.54) is 5.56 Å². The highest BCUT2D eigenvalue weighted by Gasteiger charge is 2.26. The lowest BCUT2D eigenvalue weighted by atomic mass is 9.99. The van der Waals surface area contributed by atoms with Crippen molar-refractivity contribution < 1.29 is 9.53 Å². The van der Waals surface area contributed by atoms with Crippen LogP contribution in [0.1, 0.15) is 11.6 Å². The van der Waals surface area contributed by atoms with Gasteiger partial charge in [-0.25, -0.2) is 0 Å². The van der Waals surface area contributed by atoms with E-state index in [1.807, 2.05) is 36.2 Å². The minimum Gasteiger partial charge on any atom is -0.379 e. The van der Waals surface area contributed by atoms with Gasteiger partial charge in [0.15, 0.2) is 0 Å². The van der Waals surface area contributed by atoms with Gasteiger partial charge in [0.1, 0.15) is 0 Å². The van der Waals surface area contributed by atoms with E-state index in [1.54, 1.807) is 17.0 Å². The molecular weight excluding hydrogens is 495 g/mol. The fraction of sp³-hybridized carbons (Fsp3) is 0.321. The summed E-state index contributed by atoms with van der Waals surface area (Å²) in [6.45, 7) is 4.14.